The highest BCUT2D eigenvalue weighted by Gasteiger charge is 2.32. The van der Waals surface area contributed by atoms with Crippen molar-refractivity contribution >= 4 is 17.7 Å². The van der Waals surface area contributed by atoms with Crippen LogP contribution in [0.1, 0.15) is 15.9 Å². The summed E-state index contributed by atoms with van der Waals surface area (Å²) >= 11 is 0. The molecule has 1 amide bonds. The summed E-state index contributed by atoms with van der Waals surface area (Å²) in [6.07, 6.45) is 1.92. The van der Waals surface area contributed by atoms with Crippen LogP contribution in [0.2, 0.25) is 0 Å². The fraction of sp³-hybridized carbons (Fsp3) is 0.167. The molecule has 2 aliphatic rings. The smallest absolute Gasteiger partial charge is 0.257 e. The van der Waals surface area contributed by atoms with E-state index in [9.17, 15) is 4.79 Å². The van der Waals surface area contributed by atoms with Crippen LogP contribution in [0.4, 0.5) is 5.69 Å². The molecule has 4 heteroatoms. The molecular weight excluding hydrogens is 276 g/mol. The normalized spacial score (nSPS) is 19.5. The quantitative estimate of drug-likeness (QED) is 0.878. The second-order valence-corrected chi connectivity index (χ2v) is 5.55. The molecule has 2 heterocycles. The first kappa shape index (κ1) is 13.0. The lowest BCUT2D eigenvalue weighted by Gasteiger charge is -2.37. The fourth-order valence-corrected chi connectivity index (χ4v) is 2.98. The fourth-order valence-electron chi connectivity index (χ4n) is 2.98. The lowest BCUT2D eigenvalue weighted by Crippen LogP contribution is -2.48. The molecule has 110 valence electrons. The van der Waals surface area contributed by atoms with Crippen LogP contribution in [0.5, 0.6) is 5.75 Å². The summed E-state index contributed by atoms with van der Waals surface area (Å²) in [4.78, 5) is 14.3. The third-order valence-electron chi connectivity index (χ3n) is 4.16. The first-order chi connectivity index (χ1) is 10.7. The average molecular weight is 292 g/mol. The molecule has 4 nitrogen and oxygen atoms in total. The number of ether oxygens (including phenoxy) is 1. The Morgan fingerprint density at radius 3 is 2.82 bits per heavy atom. The van der Waals surface area contributed by atoms with Gasteiger partial charge >= 0.3 is 0 Å². The number of benzene rings is 2. The molecule has 0 aliphatic carbocycles. The van der Waals surface area contributed by atoms with Gasteiger partial charge in [-0.3, -0.25) is 4.79 Å². The third kappa shape index (κ3) is 1.96. The largest absolute Gasteiger partial charge is 0.488 e. The Bertz CT molecular complexity index is 782. The van der Waals surface area contributed by atoms with Crippen LogP contribution < -0.4 is 10.1 Å². The summed E-state index contributed by atoms with van der Waals surface area (Å²) in [6.45, 7) is 0.481. The number of nitrogens with one attached hydrogen (secondary N) is 1. The molecule has 0 saturated heterocycles. The van der Waals surface area contributed by atoms with Crippen molar-refractivity contribution in [2.75, 3.05) is 19.0 Å². The minimum atomic E-state index is -0.184. The summed E-state index contributed by atoms with van der Waals surface area (Å²) in [5.74, 6) is 0.913. The molecule has 1 atom stereocenters. The number of carbonyl (C=O) groups is 1. The number of nitrogens with zero attached hydrogens (tertiary/aromatic N) is 1. The average Bonchev–Trinajstić information content (AvgIpc) is 2.58. The van der Waals surface area contributed by atoms with Crippen molar-refractivity contribution in [3.63, 3.8) is 0 Å². The monoisotopic (exact) mass is 292 g/mol. The van der Waals surface area contributed by atoms with Crippen molar-refractivity contribution < 1.29 is 9.53 Å². The molecule has 1 unspecified atom stereocenters. The van der Waals surface area contributed by atoms with E-state index in [1.54, 1.807) is 4.90 Å². The molecule has 0 bridgehead atoms. The van der Waals surface area contributed by atoms with E-state index in [-0.39, 0.29) is 12.1 Å². The van der Waals surface area contributed by atoms with Crippen LogP contribution in [-0.4, -0.2) is 30.6 Å². The van der Waals surface area contributed by atoms with Gasteiger partial charge in [-0.15, -0.1) is 0 Å². The molecule has 0 aromatic heterocycles. The molecule has 2 aromatic carbocycles. The molecule has 2 aromatic rings. The molecule has 4 rings (SSSR count). The first-order valence-electron chi connectivity index (χ1n) is 7.29. The number of amides is 1. The summed E-state index contributed by atoms with van der Waals surface area (Å²) in [7, 11) is 1.82. The Morgan fingerprint density at radius 2 is 1.91 bits per heavy atom. The Balaban J connectivity index is 1.73. The van der Waals surface area contributed by atoms with Gasteiger partial charge in [0.25, 0.3) is 5.91 Å². The summed E-state index contributed by atoms with van der Waals surface area (Å²) < 4.78 is 5.81. The van der Waals surface area contributed by atoms with Gasteiger partial charge in [-0.1, -0.05) is 30.3 Å². The van der Waals surface area contributed by atoms with Crippen LogP contribution in [0.15, 0.2) is 54.1 Å². The van der Waals surface area contributed by atoms with E-state index in [2.05, 4.69) is 11.4 Å². The van der Waals surface area contributed by atoms with Gasteiger partial charge in [-0.25, -0.2) is 0 Å². The zero-order valence-corrected chi connectivity index (χ0v) is 12.2. The minimum Gasteiger partial charge on any atom is -0.488 e. The number of anilines is 1. The van der Waals surface area contributed by atoms with Crippen molar-refractivity contribution in [3.8, 4) is 5.75 Å². The van der Waals surface area contributed by atoms with Crippen LogP contribution in [-0.2, 0) is 0 Å². The number of para-hydroxylation sites is 2. The van der Waals surface area contributed by atoms with E-state index in [0.717, 1.165) is 22.6 Å². The molecule has 0 spiro atoms. The number of rotatable bonds is 1. The van der Waals surface area contributed by atoms with Crippen LogP contribution in [0.3, 0.4) is 0 Å². The molecular formula is C18H16N2O2. The topological polar surface area (TPSA) is 41.6 Å². The van der Waals surface area contributed by atoms with E-state index < -0.39 is 0 Å². The van der Waals surface area contributed by atoms with Gasteiger partial charge in [0.1, 0.15) is 18.5 Å². The van der Waals surface area contributed by atoms with Gasteiger partial charge in [0.15, 0.2) is 0 Å². The highest BCUT2D eigenvalue weighted by Crippen LogP contribution is 2.32. The Labute approximate surface area is 129 Å². The molecule has 0 saturated carbocycles. The Morgan fingerprint density at radius 1 is 1.14 bits per heavy atom. The minimum absolute atomic E-state index is 0.0270. The molecule has 0 radical (unpaired) electrons. The van der Waals surface area contributed by atoms with Crippen molar-refractivity contribution in [3.05, 3.63) is 65.2 Å². The van der Waals surface area contributed by atoms with Crippen LogP contribution in [0, 0.1) is 0 Å². The van der Waals surface area contributed by atoms with Gasteiger partial charge < -0.3 is 15.0 Å². The number of carbonyl (C=O) groups excluding carboxylic acids is 1. The second-order valence-electron chi connectivity index (χ2n) is 5.55. The number of fused-ring (bicyclic) bond motifs is 2. The Hall–Kier alpha value is -2.75. The third-order valence-corrected chi connectivity index (χ3v) is 4.16. The molecule has 2 aliphatic heterocycles. The van der Waals surface area contributed by atoms with E-state index in [1.165, 1.54) is 0 Å². The van der Waals surface area contributed by atoms with E-state index in [1.807, 2.05) is 55.6 Å². The predicted octanol–water partition coefficient (Wildman–Crippen LogP) is 2.99. The van der Waals surface area contributed by atoms with Crippen LogP contribution >= 0.6 is 0 Å². The number of hydrogen-bond acceptors (Lipinski definition) is 3. The lowest BCUT2D eigenvalue weighted by atomic mass is 10.0. The highest BCUT2D eigenvalue weighted by molar-refractivity contribution is 6.02. The van der Waals surface area contributed by atoms with Gasteiger partial charge in [-0.2, -0.15) is 0 Å². The molecule has 0 fully saturated rings. The summed E-state index contributed by atoms with van der Waals surface area (Å²) in [5, 5.41) is 3.43. The van der Waals surface area contributed by atoms with Gasteiger partial charge in [-0.05, 0) is 24.3 Å². The zero-order chi connectivity index (χ0) is 15.1. The maximum Gasteiger partial charge on any atom is 0.257 e. The SMILES string of the molecule is CN1C(=O)c2ccccc2NC1C1=Cc2ccccc2OC1. The maximum absolute atomic E-state index is 12.5. The van der Waals surface area contributed by atoms with Crippen molar-refractivity contribution in [2.45, 2.75) is 6.17 Å². The zero-order valence-electron chi connectivity index (χ0n) is 12.2. The van der Waals surface area contributed by atoms with Gasteiger partial charge in [0.05, 0.1) is 5.56 Å². The summed E-state index contributed by atoms with van der Waals surface area (Å²) in [5.41, 5.74) is 3.67. The van der Waals surface area contributed by atoms with E-state index in [4.69, 9.17) is 4.74 Å². The van der Waals surface area contributed by atoms with E-state index >= 15 is 0 Å². The maximum atomic E-state index is 12.5. The Kier molecular flexibility index (Phi) is 2.89. The van der Waals surface area contributed by atoms with Crippen molar-refractivity contribution in [1.29, 1.82) is 0 Å². The number of hydrogen-bond donors (Lipinski definition) is 1. The standard InChI is InChI=1S/C18H16N2O2/c1-20-17(19-15-8-4-3-7-14(15)18(20)21)13-10-12-6-2-5-9-16(12)22-11-13/h2-10,17,19H,11H2,1H3. The molecule has 22 heavy (non-hydrogen) atoms. The first-order valence-corrected chi connectivity index (χ1v) is 7.29. The van der Waals surface area contributed by atoms with E-state index in [0.29, 0.717) is 12.2 Å². The highest BCUT2D eigenvalue weighted by atomic mass is 16.5. The van der Waals surface area contributed by atoms with Crippen molar-refractivity contribution in [2.24, 2.45) is 0 Å². The summed E-state index contributed by atoms with van der Waals surface area (Å²) in [6, 6.07) is 15.5. The lowest BCUT2D eigenvalue weighted by molar-refractivity contribution is 0.0752. The van der Waals surface area contributed by atoms with Gasteiger partial charge in [0.2, 0.25) is 0 Å². The predicted molar refractivity (Wildman–Crippen MR) is 85.9 cm³/mol. The van der Waals surface area contributed by atoms with Gasteiger partial charge in [0, 0.05) is 23.9 Å². The number of likely N-dealkylation sites (N-methyl/N-ethyl adjacent to an activating group) is 1. The second kappa shape index (κ2) is 4.91. The molecule has 1 N–H and O–H groups in total. The van der Waals surface area contributed by atoms with Crippen molar-refractivity contribution in [1.82, 2.24) is 4.90 Å². The van der Waals surface area contributed by atoms with Crippen LogP contribution in [0.25, 0.3) is 6.08 Å².